The number of benzene rings is 1. The standard InChI is InChI=1S/C24H33N3O2S/c1-19-8-5-6-12-26(19)13-7-11-25-23(28)22-18-21(20-9-3-2-4-10-20)24(30-22)27-14-16-29-17-15-27/h2-4,9-10,18-19H,5-8,11-17H2,1H3,(H,25,28)/p+1/t19-/m1/s1. The van der Waals surface area contributed by atoms with E-state index >= 15 is 0 Å². The average molecular weight is 429 g/mol. The molecule has 2 aromatic rings. The predicted octanol–water partition coefficient (Wildman–Crippen LogP) is 2.83. The van der Waals surface area contributed by atoms with Gasteiger partial charge in [-0.3, -0.25) is 4.79 Å². The lowest BCUT2D eigenvalue weighted by atomic mass is 10.0. The summed E-state index contributed by atoms with van der Waals surface area (Å²) in [5, 5.41) is 4.34. The van der Waals surface area contributed by atoms with Crippen molar-refractivity contribution in [2.45, 2.75) is 38.6 Å². The highest BCUT2D eigenvalue weighted by Crippen LogP contribution is 2.39. The van der Waals surface area contributed by atoms with E-state index in [0.29, 0.717) is 0 Å². The Morgan fingerprint density at radius 2 is 2.03 bits per heavy atom. The molecule has 2 saturated heterocycles. The number of thiophene rings is 1. The van der Waals surface area contributed by atoms with Gasteiger partial charge in [0.1, 0.15) is 0 Å². The van der Waals surface area contributed by atoms with Gasteiger partial charge in [-0.1, -0.05) is 30.3 Å². The van der Waals surface area contributed by atoms with E-state index in [-0.39, 0.29) is 5.91 Å². The number of anilines is 1. The highest BCUT2D eigenvalue weighted by atomic mass is 32.1. The Morgan fingerprint density at radius 3 is 2.80 bits per heavy atom. The van der Waals surface area contributed by atoms with E-state index in [1.165, 1.54) is 30.8 Å². The van der Waals surface area contributed by atoms with E-state index < -0.39 is 0 Å². The molecule has 0 saturated carbocycles. The molecule has 30 heavy (non-hydrogen) atoms. The minimum absolute atomic E-state index is 0.0541. The van der Waals surface area contributed by atoms with Crippen molar-refractivity contribution in [2.75, 3.05) is 50.8 Å². The lowest BCUT2D eigenvalue weighted by molar-refractivity contribution is -0.928. The Balaban J connectivity index is 1.40. The molecule has 4 rings (SSSR count). The normalized spacial score (nSPS) is 22.1. The van der Waals surface area contributed by atoms with E-state index in [1.807, 2.05) is 6.07 Å². The van der Waals surface area contributed by atoms with Crippen LogP contribution in [-0.2, 0) is 4.74 Å². The van der Waals surface area contributed by atoms with Gasteiger partial charge in [-0.15, -0.1) is 11.3 Å². The van der Waals surface area contributed by atoms with Crippen LogP contribution in [-0.4, -0.2) is 57.9 Å². The third-order valence-corrected chi connectivity index (χ3v) is 7.56. The number of nitrogens with one attached hydrogen (secondary N) is 2. The van der Waals surface area contributed by atoms with Crippen LogP contribution in [0, 0.1) is 0 Å². The first-order chi connectivity index (χ1) is 14.7. The molecule has 1 unspecified atom stereocenters. The van der Waals surface area contributed by atoms with Crippen molar-refractivity contribution >= 4 is 22.2 Å². The summed E-state index contributed by atoms with van der Waals surface area (Å²) in [6.07, 6.45) is 5.09. The molecule has 1 aromatic heterocycles. The Morgan fingerprint density at radius 1 is 1.23 bits per heavy atom. The topological polar surface area (TPSA) is 46.0 Å². The van der Waals surface area contributed by atoms with Crippen LogP contribution in [0.25, 0.3) is 11.1 Å². The van der Waals surface area contributed by atoms with Gasteiger partial charge in [0.25, 0.3) is 5.91 Å². The van der Waals surface area contributed by atoms with Gasteiger partial charge in [0, 0.05) is 31.6 Å². The molecule has 0 spiro atoms. The van der Waals surface area contributed by atoms with Gasteiger partial charge in [-0.05, 0) is 37.8 Å². The summed E-state index contributed by atoms with van der Waals surface area (Å²) in [5.41, 5.74) is 2.32. The highest BCUT2D eigenvalue weighted by molar-refractivity contribution is 7.18. The number of carbonyl (C=O) groups excluding carboxylic acids is 1. The minimum Gasteiger partial charge on any atom is -0.378 e. The van der Waals surface area contributed by atoms with Crippen LogP contribution in [0.15, 0.2) is 36.4 Å². The number of hydrogen-bond acceptors (Lipinski definition) is 4. The molecule has 2 aliphatic rings. The number of piperidine rings is 1. The molecule has 162 valence electrons. The summed E-state index contributed by atoms with van der Waals surface area (Å²) < 4.78 is 5.53. The molecular weight excluding hydrogens is 394 g/mol. The van der Waals surface area contributed by atoms with Crippen molar-refractivity contribution < 1.29 is 14.4 Å². The van der Waals surface area contributed by atoms with Crippen LogP contribution in [0.2, 0.25) is 0 Å². The van der Waals surface area contributed by atoms with E-state index in [1.54, 1.807) is 16.2 Å². The summed E-state index contributed by atoms with van der Waals surface area (Å²) in [6, 6.07) is 13.2. The summed E-state index contributed by atoms with van der Waals surface area (Å²) >= 11 is 1.61. The molecular formula is C24H34N3O2S+. The number of hydrogen-bond donors (Lipinski definition) is 2. The van der Waals surface area contributed by atoms with Gasteiger partial charge in [0.05, 0.1) is 42.2 Å². The zero-order chi connectivity index (χ0) is 20.8. The third-order valence-electron chi connectivity index (χ3n) is 6.36. The quantitative estimate of drug-likeness (QED) is 0.667. The van der Waals surface area contributed by atoms with Crippen molar-refractivity contribution in [1.82, 2.24) is 5.32 Å². The summed E-state index contributed by atoms with van der Waals surface area (Å²) in [7, 11) is 0. The van der Waals surface area contributed by atoms with Crippen LogP contribution in [0.3, 0.4) is 0 Å². The molecule has 2 N–H and O–H groups in total. The van der Waals surface area contributed by atoms with E-state index in [9.17, 15) is 4.79 Å². The third kappa shape index (κ3) is 5.23. The zero-order valence-corrected chi connectivity index (χ0v) is 18.8. The summed E-state index contributed by atoms with van der Waals surface area (Å²) in [6.45, 7) is 8.77. The fourth-order valence-electron chi connectivity index (χ4n) is 4.55. The molecule has 3 heterocycles. The first-order valence-corrected chi connectivity index (χ1v) is 12.2. The van der Waals surface area contributed by atoms with Crippen LogP contribution in [0.1, 0.15) is 42.3 Å². The van der Waals surface area contributed by atoms with E-state index in [0.717, 1.165) is 67.9 Å². The monoisotopic (exact) mass is 428 g/mol. The molecule has 1 aromatic carbocycles. The molecule has 2 atom stereocenters. The number of nitrogens with zero attached hydrogens (tertiary/aromatic N) is 1. The van der Waals surface area contributed by atoms with Gasteiger partial charge in [-0.2, -0.15) is 0 Å². The highest BCUT2D eigenvalue weighted by Gasteiger charge is 2.23. The predicted molar refractivity (Wildman–Crippen MR) is 124 cm³/mol. The Bertz CT molecular complexity index is 817. The van der Waals surface area contributed by atoms with Gasteiger partial charge in [0.15, 0.2) is 0 Å². The molecule has 1 amide bonds. The van der Waals surface area contributed by atoms with E-state index in [2.05, 4.69) is 47.5 Å². The maximum Gasteiger partial charge on any atom is 0.261 e. The molecule has 2 fully saturated rings. The van der Waals surface area contributed by atoms with Crippen LogP contribution >= 0.6 is 11.3 Å². The number of quaternary nitrogens is 1. The molecule has 0 radical (unpaired) electrons. The van der Waals surface area contributed by atoms with Crippen molar-refractivity contribution in [2.24, 2.45) is 0 Å². The van der Waals surface area contributed by atoms with Gasteiger partial charge < -0.3 is 19.9 Å². The SMILES string of the molecule is C[C@@H]1CCCC[NH+]1CCCNC(=O)c1cc(-c2ccccc2)c(N2CCOCC2)s1. The number of likely N-dealkylation sites (tertiary alicyclic amines) is 1. The maximum atomic E-state index is 12.9. The van der Waals surface area contributed by atoms with Crippen LogP contribution in [0.4, 0.5) is 5.00 Å². The van der Waals surface area contributed by atoms with Crippen molar-refractivity contribution in [3.63, 3.8) is 0 Å². The molecule has 5 nitrogen and oxygen atoms in total. The number of rotatable bonds is 7. The number of morpholine rings is 1. The second-order valence-corrected chi connectivity index (χ2v) is 9.49. The smallest absolute Gasteiger partial charge is 0.261 e. The molecule has 0 bridgehead atoms. The van der Waals surface area contributed by atoms with Crippen LogP contribution in [0.5, 0.6) is 0 Å². The Hall–Kier alpha value is -1.89. The van der Waals surface area contributed by atoms with Gasteiger partial charge in [-0.25, -0.2) is 0 Å². The van der Waals surface area contributed by atoms with Crippen LogP contribution < -0.4 is 15.1 Å². The van der Waals surface area contributed by atoms with Crippen molar-refractivity contribution in [1.29, 1.82) is 0 Å². The minimum atomic E-state index is 0.0541. The van der Waals surface area contributed by atoms with Gasteiger partial charge in [0.2, 0.25) is 0 Å². The van der Waals surface area contributed by atoms with Gasteiger partial charge >= 0.3 is 0 Å². The summed E-state index contributed by atoms with van der Waals surface area (Å²) in [4.78, 5) is 17.7. The largest absolute Gasteiger partial charge is 0.378 e. The second-order valence-electron chi connectivity index (χ2n) is 8.46. The first kappa shape index (κ1) is 21.3. The summed E-state index contributed by atoms with van der Waals surface area (Å²) in [5.74, 6) is 0.0541. The first-order valence-electron chi connectivity index (χ1n) is 11.4. The molecule has 6 heteroatoms. The second kappa shape index (κ2) is 10.4. The Labute approximate surface area is 184 Å². The molecule has 2 aliphatic heterocycles. The van der Waals surface area contributed by atoms with Crippen molar-refractivity contribution in [3.8, 4) is 11.1 Å². The fourth-order valence-corrected chi connectivity index (χ4v) is 5.70. The number of ether oxygens (including phenoxy) is 1. The molecule has 0 aliphatic carbocycles. The Kier molecular flexibility index (Phi) is 7.42. The average Bonchev–Trinajstić information content (AvgIpc) is 3.25. The number of amides is 1. The zero-order valence-electron chi connectivity index (χ0n) is 18.0. The van der Waals surface area contributed by atoms with E-state index in [4.69, 9.17) is 4.74 Å². The van der Waals surface area contributed by atoms with Crippen molar-refractivity contribution in [3.05, 3.63) is 41.3 Å². The maximum absolute atomic E-state index is 12.9. The lowest BCUT2D eigenvalue weighted by Crippen LogP contribution is -3.16. The lowest BCUT2D eigenvalue weighted by Gasteiger charge is -2.30. The number of carbonyl (C=O) groups is 1. The fraction of sp³-hybridized carbons (Fsp3) is 0.542.